The van der Waals surface area contributed by atoms with Crippen molar-refractivity contribution < 1.29 is 9.53 Å². The molecule has 9 heteroatoms. The Balaban J connectivity index is 1.35. The van der Waals surface area contributed by atoms with Crippen molar-refractivity contribution in [3.05, 3.63) is 47.2 Å². The van der Waals surface area contributed by atoms with E-state index in [9.17, 15) is 4.79 Å². The number of amides is 1. The third-order valence-electron chi connectivity index (χ3n) is 4.28. The van der Waals surface area contributed by atoms with Gasteiger partial charge in [0, 0.05) is 30.6 Å². The quantitative estimate of drug-likeness (QED) is 0.674. The number of morpholine rings is 1. The Morgan fingerprint density at radius 2 is 2.07 bits per heavy atom. The standard InChI is InChI=1S/C18H20N6O2S/c25-16(22-18-19-12-20-23-18)9-15-11-27-17(21-15)14-3-1-13(2-4-14)10-24-5-7-26-8-6-24/h1-4,11-12H,5-10H2,(H2,19,20,22,23,25). The Hall–Kier alpha value is -2.62. The number of thiazole rings is 1. The summed E-state index contributed by atoms with van der Waals surface area (Å²) in [6.07, 6.45) is 1.55. The first-order chi connectivity index (χ1) is 13.3. The molecule has 1 fully saturated rings. The lowest BCUT2D eigenvalue weighted by molar-refractivity contribution is -0.115. The average Bonchev–Trinajstić information content (AvgIpc) is 3.35. The summed E-state index contributed by atoms with van der Waals surface area (Å²) in [5, 5.41) is 11.8. The Labute approximate surface area is 160 Å². The third-order valence-corrected chi connectivity index (χ3v) is 5.22. The predicted molar refractivity (Wildman–Crippen MR) is 102 cm³/mol. The number of rotatable bonds is 6. The summed E-state index contributed by atoms with van der Waals surface area (Å²) in [6, 6.07) is 8.46. The molecule has 1 amide bonds. The molecule has 2 N–H and O–H groups in total. The molecule has 3 aromatic rings. The van der Waals surface area contributed by atoms with Crippen LogP contribution in [0.3, 0.4) is 0 Å². The number of carbonyl (C=O) groups excluding carboxylic acids is 1. The zero-order valence-electron chi connectivity index (χ0n) is 14.7. The minimum absolute atomic E-state index is 0.176. The van der Waals surface area contributed by atoms with Crippen molar-refractivity contribution >= 4 is 23.2 Å². The first kappa shape index (κ1) is 17.8. The monoisotopic (exact) mass is 384 g/mol. The largest absolute Gasteiger partial charge is 0.379 e. The fourth-order valence-corrected chi connectivity index (χ4v) is 3.72. The van der Waals surface area contributed by atoms with Crippen molar-refractivity contribution in [3.8, 4) is 10.6 Å². The topological polar surface area (TPSA) is 96.0 Å². The molecule has 1 aliphatic heterocycles. The highest BCUT2D eigenvalue weighted by molar-refractivity contribution is 7.13. The van der Waals surface area contributed by atoms with E-state index in [0.717, 1.165) is 49.1 Å². The fraction of sp³-hybridized carbons (Fsp3) is 0.333. The number of hydrogen-bond acceptors (Lipinski definition) is 7. The summed E-state index contributed by atoms with van der Waals surface area (Å²) >= 11 is 1.54. The second-order valence-electron chi connectivity index (χ2n) is 6.29. The molecule has 3 heterocycles. The molecule has 0 radical (unpaired) electrons. The lowest BCUT2D eigenvalue weighted by atomic mass is 10.1. The SMILES string of the molecule is O=C(Cc1csc(-c2ccc(CN3CCOCC3)cc2)n1)Nc1ncn[nH]1. The Morgan fingerprint density at radius 3 is 2.81 bits per heavy atom. The van der Waals surface area contributed by atoms with Gasteiger partial charge in [-0.3, -0.25) is 15.0 Å². The molecule has 1 aromatic carbocycles. The molecule has 0 atom stereocenters. The second-order valence-corrected chi connectivity index (χ2v) is 7.15. The fourth-order valence-electron chi connectivity index (χ4n) is 2.90. The average molecular weight is 384 g/mol. The van der Waals surface area contributed by atoms with Gasteiger partial charge < -0.3 is 4.74 Å². The molecule has 0 spiro atoms. The van der Waals surface area contributed by atoms with E-state index in [2.05, 4.69) is 54.6 Å². The van der Waals surface area contributed by atoms with E-state index in [1.165, 1.54) is 11.9 Å². The molecule has 2 aromatic heterocycles. The molecule has 0 bridgehead atoms. The Bertz CT molecular complexity index is 872. The number of aromatic amines is 1. The van der Waals surface area contributed by atoms with Crippen molar-refractivity contribution in [1.82, 2.24) is 25.1 Å². The normalized spacial score (nSPS) is 15.0. The highest BCUT2D eigenvalue weighted by Crippen LogP contribution is 2.24. The summed E-state index contributed by atoms with van der Waals surface area (Å²) in [5.74, 6) is 0.163. The van der Waals surface area contributed by atoms with Gasteiger partial charge in [-0.25, -0.2) is 10.1 Å². The number of H-pyrrole nitrogens is 1. The Morgan fingerprint density at radius 1 is 1.26 bits per heavy atom. The number of ether oxygens (including phenoxy) is 1. The molecule has 140 valence electrons. The number of aromatic nitrogens is 4. The molecule has 27 heavy (non-hydrogen) atoms. The van der Waals surface area contributed by atoms with Gasteiger partial charge in [-0.2, -0.15) is 10.1 Å². The zero-order chi connectivity index (χ0) is 18.5. The number of benzene rings is 1. The van der Waals surface area contributed by atoms with E-state index >= 15 is 0 Å². The molecular formula is C18H20N6O2S. The highest BCUT2D eigenvalue weighted by atomic mass is 32.1. The van der Waals surface area contributed by atoms with Gasteiger partial charge in [-0.15, -0.1) is 11.3 Å². The molecule has 8 nitrogen and oxygen atoms in total. The molecule has 1 aliphatic rings. The minimum Gasteiger partial charge on any atom is -0.379 e. The van der Waals surface area contributed by atoms with E-state index in [1.54, 1.807) is 11.3 Å². The van der Waals surface area contributed by atoms with E-state index < -0.39 is 0 Å². The molecular weight excluding hydrogens is 364 g/mol. The molecule has 0 saturated carbocycles. The first-order valence-corrected chi connectivity index (χ1v) is 9.63. The number of nitrogens with one attached hydrogen (secondary N) is 2. The molecule has 0 aliphatic carbocycles. The van der Waals surface area contributed by atoms with Crippen molar-refractivity contribution in [2.75, 3.05) is 31.6 Å². The van der Waals surface area contributed by atoms with Crippen LogP contribution in [0.5, 0.6) is 0 Å². The van der Waals surface area contributed by atoms with Crippen molar-refractivity contribution in [2.45, 2.75) is 13.0 Å². The minimum atomic E-state index is -0.176. The van der Waals surface area contributed by atoms with E-state index in [4.69, 9.17) is 4.74 Å². The van der Waals surface area contributed by atoms with Crippen LogP contribution in [0.25, 0.3) is 10.6 Å². The van der Waals surface area contributed by atoms with E-state index in [-0.39, 0.29) is 12.3 Å². The summed E-state index contributed by atoms with van der Waals surface area (Å²) < 4.78 is 5.39. The summed E-state index contributed by atoms with van der Waals surface area (Å²) in [5.41, 5.74) is 3.08. The second kappa shape index (κ2) is 8.38. The van der Waals surface area contributed by atoms with Crippen LogP contribution in [-0.2, 0) is 22.5 Å². The summed E-state index contributed by atoms with van der Waals surface area (Å²) in [7, 11) is 0. The number of carbonyl (C=O) groups is 1. The van der Waals surface area contributed by atoms with Crippen LogP contribution in [0.1, 0.15) is 11.3 Å². The number of hydrogen-bond donors (Lipinski definition) is 2. The van der Waals surface area contributed by atoms with Gasteiger partial charge >= 0.3 is 0 Å². The summed E-state index contributed by atoms with van der Waals surface area (Å²) in [4.78, 5) is 22.9. The van der Waals surface area contributed by atoms with Crippen LogP contribution < -0.4 is 5.32 Å². The summed E-state index contributed by atoms with van der Waals surface area (Å²) in [6.45, 7) is 4.52. The highest BCUT2D eigenvalue weighted by Gasteiger charge is 2.12. The van der Waals surface area contributed by atoms with Crippen LogP contribution in [0, 0.1) is 0 Å². The van der Waals surface area contributed by atoms with Gasteiger partial charge in [0.05, 0.1) is 25.3 Å². The van der Waals surface area contributed by atoms with Gasteiger partial charge in [0.1, 0.15) is 11.3 Å². The van der Waals surface area contributed by atoms with E-state index in [0.29, 0.717) is 5.95 Å². The molecule has 4 rings (SSSR count). The van der Waals surface area contributed by atoms with Crippen molar-refractivity contribution in [1.29, 1.82) is 0 Å². The van der Waals surface area contributed by atoms with Gasteiger partial charge in [-0.1, -0.05) is 24.3 Å². The molecule has 1 saturated heterocycles. The maximum Gasteiger partial charge on any atom is 0.232 e. The van der Waals surface area contributed by atoms with Crippen molar-refractivity contribution in [2.24, 2.45) is 0 Å². The number of anilines is 1. The Kier molecular flexibility index (Phi) is 5.52. The van der Waals surface area contributed by atoms with Crippen LogP contribution in [0.15, 0.2) is 36.0 Å². The third kappa shape index (κ3) is 4.76. The smallest absolute Gasteiger partial charge is 0.232 e. The maximum atomic E-state index is 12.0. The lowest BCUT2D eigenvalue weighted by Crippen LogP contribution is -2.35. The number of nitrogens with zero attached hydrogens (tertiary/aromatic N) is 4. The van der Waals surface area contributed by atoms with Gasteiger partial charge in [0.2, 0.25) is 11.9 Å². The van der Waals surface area contributed by atoms with Crippen molar-refractivity contribution in [3.63, 3.8) is 0 Å². The maximum absolute atomic E-state index is 12.0. The van der Waals surface area contributed by atoms with E-state index in [1.807, 2.05) is 5.38 Å². The van der Waals surface area contributed by atoms with Crippen LogP contribution in [-0.4, -0.2) is 57.3 Å². The van der Waals surface area contributed by atoms with Gasteiger partial charge in [0.25, 0.3) is 0 Å². The van der Waals surface area contributed by atoms with Crippen LogP contribution in [0.4, 0.5) is 5.95 Å². The van der Waals surface area contributed by atoms with Gasteiger partial charge in [-0.05, 0) is 5.56 Å². The van der Waals surface area contributed by atoms with Gasteiger partial charge in [0.15, 0.2) is 0 Å². The van der Waals surface area contributed by atoms with Crippen LogP contribution in [0.2, 0.25) is 0 Å². The zero-order valence-corrected chi connectivity index (χ0v) is 15.5. The predicted octanol–water partition coefficient (Wildman–Crippen LogP) is 1.94. The lowest BCUT2D eigenvalue weighted by Gasteiger charge is -2.26. The first-order valence-electron chi connectivity index (χ1n) is 8.75. The molecule has 0 unspecified atom stereocenters. The van der Waals surface area contributed by atoms with Crippen LogP contribution >= 0.6 is 11.3 Å².